The van der Waals surface area contributed by atoms with Crippen LogP contribution in [0.4, 0.5) is 18.9 Å². The zero-order chi connectivity index (χ0) is 13.1. The fourth-order valence-electron chi connectivity index (χ4n) is 1.18. The van der Waals surface area contributed by atoms with Gasteiger partial charge in [-0.2, -0.15) is 18.2 Å². The van der Waals surface area contributed by atoms with E-state index in [0.717, 1.165) is 18.2 Å². The van der Waals surface area contributed by atoms with E-state index in [9.17, 15) is 18.0 Å². The zero-order valence-electron chi connectivity index (χ0n) is 9.21. The van der Waals surface area contributed by atoms with Gasteiger partial charge in [0.25, 0.3) is 0 Å². The Balaban J connectivity index is 3.22. The van der Waals surface area contributed by atoms with E-state index in [0.29, 0.717) is 0 Å². The van der Waals surface area contributed by atoms with Crippen molar-refractivity contribution in [2.24, 2.45) is 4.99 Å². The van der Waals surface area contributed by atoms with E-state index < -0.39 is 11.7 Å². The molecule has 1 aromatic carbocycles. The van der Waals surface area contributed by atoms with Crippen LogP contribution < -0.4 is 4.74 Å². The van der Waals surface area contributed by atoms with Crippen molar-refractivity contribution in [2.45, 2.75) is 26.1 Å². The van der Waals surface area contributed by atoms with Crippen molar-refractivity contribution in [1.29, 1.82) is 0 Å². The molecule has 0 aliphatic carbocycles. The number of hydrogen-bond acceptors (Lipinski definition) is 3. The molecule has 0 aliphatic heterocycles. The van der Waals surface area contributed by atoms with Gasteiger partial charge in [-0.3, -0.25) is 0 Å². The van der Waals surface area contributed by atoms with E-state index in [1.54, 1.807) is 13.8 Å². The van der Waals surface area contributed by atoms with Crippen LogP contribution in [-0.2, 0) is 11.0 Å². The van der Waals surface area contributed by atoms with Gasteiger partial charge >= 0.3 is 6.18 Å². The predicted octanol–water partition coefficient (Wildman–Crippen LogP) is 3.46. The molecule has 0 atom stereocenters. The van der Waals surface area contributed by atoms with E-state index in [2.05, 4.69) is 4.99 Å². The standard InChI is InChI=1S/C11H10F3NO2/c1-7(2)17-10-4-3-8(11(12,13)14)5-9(10)15-6-16/h3-5,7H,1-2H3. The van der Waals surface area contributed by atoms with Crippen LogP contribution in [0.15, 0.2) is 23.2 Å². The molecule has 3 nitrogen and oxygen atoms in total. The molecule has 1 aromatic rings. The van der Waals surface area contributed by atoms with E-state index in [1.807, 2.05) is 0 Å². The van der Waals surface area contributed by atoms with Gasteiger partial charge in [0, 0.05) is 0 Å². The third-order valence-corrected chi connectivity index (χ3v) is 1.82. The zero-order valence-corrected chi connectivity index (χ0v) is 9.21. The second kappa shape index (κ2) is 5.01. The molecule has 0 saturated heterocycles. The first-order chi connectivity index (χ1) is 7.84. The van der Waals surface area contributed by atoms with Crippen LogP contribution in [0.1, 0.15) is 19.4 Å². The highest BCUT2D eigenvalue weighted by Crippen LogP contribution is 2.36. The molecule has 0 heterocycles. The Labute approximate surface area is 95.9 Å². The largest absolute Gasteiger partial charge is 0.489 e. The Morgan fingerprint density at radius 1 is 1.35 bits per heavy atom. The number of rotatable bonds is 3. The van der Waals surface area contributed by atoms with Gasteiger partial charge in [0.15, 0.2) is 0 Å². The van der Waals surface area contributed by atoms with Crippen molar-refractivity contribution in [3.63, 3.8) is 0 Å². The third kappa shape index (κ3) is 3.60. The van der Waals surface area contributed by atoms with Gasteiger partial charge in [-0.25, -0.2) is 4.79 Å². The maximum absolute atomic E-state index is 12.4. The number of ether oxygens (including phenoxy) is 1. The van der Waals surface area contributed by atoms with E-state index in [4.69, 9.17) is 4.74 Å². The minimum absolute atomic E-state index is 0.122. The van der Waals surface area contributed by atoms with E-state index in [1.165, 1.54) is 6.08 Å². The number of halogens is 3. The third-order valence-electron chi connectivity index (χ3n) is 1.82. The van der Waals surface area contributed by atoms with Gasteiger partial charge in [0.2, 0.25) is 6.08 Å². The highest BCUT2D eigenvalue weighted by Gasteiger charge is 2.31. The number of nitrogens with zero attached hydrogens (tertiary/aromatic N) is 1. The summed E-state index contributed by atoms with van der Waals surface area (Å²) >= 11 is 0. The minimum atomic E-state index is -4.48. The lowest BCUT2D eigenvalue weighted by atomic mass is 10.2. The highest BCUT2D eigenvalue weighted by molar-refractivity contribution is 5.59. The Morgan fingerprint density at radius 3 is 2.47 bits per heavy atom. The fraction of sp³-hybridized carbons (Fsp3) is 0.364. The molecule has 0 aromatic heterocycles. The van der Waals surface area contributed by atoms with Gasteiger partial charge in [0.1, 0.15) is 11.4 Å². The molecule has 1 rings (SSSR count). The SMILES string of the molecule is CC(C)Oc1ccc(C(F)(F)F)cc1N=C=O. The van der Waals surface area contributed by atoms with Crippen LogP contribution in [0.5, 0.6) is 5.75 Å². The summed E-state index contributed by atoms with van der Waals surface area (Å²) in [5, 5.41) is 0. The van der Waals surface area contributed by atoms with E-state index >= 15 is 0 Å². The molecule has 17 heavy (non-hydrogen) atoms. The maximum Gasteiger partial charge on any atom is 0.416 e. The van der Waals surface area contributed by atoms with Crippen molar-refractivity contribution in [3.05, 3.63) is 23.8 Å². The molecule has 0 bridgehead atoms. The van der Waals surface area contributed by atoms with Gasteiger partial charge in [-0.1, -0.05) is 0 Å². The molecule has 6 heteroatoms. The van der Waals surface area contributed by atoms with Crippen LogP contribution in [-0.4, -0.2) is 12.2 Å². The normalized spacial score (nSPS) is 11.2. The average molecular weight is 245 g/mol. The van der Waals surface area contributed by atoms with Crippen molar-refractivity contribution in [2.75, 3.05) is 0 Å². The van der Waals surface area contributed by atoms with E-state index in [-0.39, 0.29) is 17.5 Å². The molecule has 0 aliphatic rings. The van der Waals surface area contributed by atoms with Crippen LogP contribution in [0.3, 0.4) is 0 Å². The summed E-state index contributed by atoms with van der Waals surface area (Å²) in [5.41, 5.74) is -1.06. The summed E-state index contributed by atoms with van der Waals surface area (Å²) in [6, 6.07) is 2.77. The van der Waals surface area contributed by atoms with Crippen LogP contribution >= 0.6 is 0 Å². The molecule has 92 valence electrons. The molecular formula is C11H10F3NO2. The first-order valence-electron chi connectivity index (χ1n) is 4.80. The predicted molar refractivity (Wildman–Crippen MR) is 55.0 cm³/mol. The summed E-state index contributed by atoms with van der Waals surface area (Å²) in [4.78, 5) is 13.3. The van der Waals surface area contributed by atoms with Gasteiger partial charge < -0.3 is 4.74 Å². The molecule has 0 spiro atoms. The molecule has 0 N–H and O–H groups in total. The molecule has 0 amide bonds. The second-order valence-electron chi connectivity index (χ2n) is 3.55. The van der Waals surface area contributed by atoms with Crippen molar-refractivity contribution >= 4 is 11.8 Å². The Hall–Kier alpha value is -1.81. The fourth-order valence-corrected chi connectivity index (χ4v) is 1.18. The molecule has 0 unspecified atom stereocenters. The second-order valence-corrected chi connectivity index (χ2v) is 3.55. The average Bonchev–Trinajstić information content (AvgIpc) is 2.18. The molecule has 0 fully saturated rings. The van der Waals surface area contributed by atoms with Gasteiger partial charge in [-0.05, 0) is 32.0 Å². The van der Waals surface area contributed by atoms with Crippen molar-refractivity contribution in [1.82, 2.24) is 0 Å². The number of hydrogen-bond donors (Lipinski definition) is 0. The summed E-state index contributed by atoms with van der Waals surface area (Å²) in [6.45, 7) is 3.43. The highest BCUT2D eigenvalue weighted by atomic mass is 19.4. The number of alkyl halides is 3. The minimum Gasteiger partial charge on any atom is -0.489 e. The number of carbonyl (C=O) groups excluding carboxylic acids is 1. The number of benzene rings is 1. The van der Waals surface area contributed by atoms with Crippen LogP contribution in [0.25, 0.3) is 0 Å². The number of isocyanates is 1. The lowest BCUT2D eigenvalue weighted by molar-refractivity contribution is -0.137. The lowest BCUT2D eigenvalue weighted by Gasteiger charge is -2.13. The molecule has 0 saturated carbocycles. The Kier molecular flexibility index (Phi) is 3.91. The summed E-state index contributed by atoms with van der Waals surface area (Å²) in [7, 11) is 0. The number of aliphatic imine (C=N–C) groups is 1. The quantitative estimate of drug-likeness (QED) is 0.604. The molecule has 0 radical (unpaired) electrons. The topological polar surface area (TPSA) is 38.7 Å². The summed E-state index contributed by atoms with van der Waals surface area (Å²) < 4.78 is 42.5. The summed E-state index contributed by atoms with van der Waals surface area (Å²) in [6.07, 6.45) is -3.51. The van der Waals surface area contributed by atoms with Gasteiger partial charge in [0.05, 0.1) is 11.7 Å². The monoisotopic (exact) mass is 245 g/mol. The maximum atomic E-state index is 12.4. The molecular weight excluding hydrogens is 235 g/mol. The van der Waals surface area contributed by atoms with Crippen molar-refractivity contribution in [3.8, 4) is 5.75 Å². The van der Waals surface area contributed by atoms with Crippen LogP contribution in [0, 0.1) is 0 Å². The first kappa shape index (κ1) is 13.3. The Bertz CT molecular complexity index is 449. The van der Waals surface area contributed by atoms with Crippen molar-refractivity contribution < 1.29 is 22.7 Å². The smallest absolute Gasteiger partial charge is 0.416 e. The summed E-state index contributed by atoms with van der Waals surface area (Å²) in [5.74, 6) is 0.122. The first-order valence-corrected chi connectivity index (χ1v) is 4.80. The van der Waals surface area contributed by atoms with Crippen LogP contribution in [0.2, 0.25) is 0 Å². The lowest BCUT2D eigenvalue weighted by Crippen LogP contribution is -2.08. The Morgan fingerprint density at radius 2 is 2.00 bits per heavy atom. The van der Waals surface area contributed by atoms with Gasteiger partial charge in [-0.15, -0.1) is 0 Å².